The Morgan fingerprint density at radius 2 is 1.89 bits per heavy atom. The summed E-state index contributed by atoms with van der Waals surface area (Å²) in [6, 6.07) is 7.42. The summed E-state index contributed by atoms with van der Waals surface area (Å²) in [4.78, 5) is 11.6. The third-order valence-electron chi connectivity index (χ3n) is 2.92. The zero-order valence-corrected chi connectivity index (χ0v) is 12.3. The minimum Gasteiger partial charge on any atom is -0.375 e. The Hall–Kier alpha value is -1.22. The Balaban J connectivity index is 2.10. The van der Waals surface area contributed by atoms with E-state index in [2.05, 4.69) is 17.6 Å². The van der Waals surface area contributed by atoms with Crippen LogP contribution in [-0.2, 0) is 4.79 Å². The van der Waals surface area contributed by atoms with Gasteiger partial charge in [0, 0.05) is 6.54 Å². The lowest BCUT2D eigenvalue weighted by molar-refractivity contribution is -0.119. The van der Waals surface area contributed by atoms with Crippen molar-refractivity contribution in [2.75, 3.05) is 18.4 Å². The van der Waals surface area contributed by atoms with Crippen LogP contribution in [0, 0.1) is 0 Å². The van der Waals surface area contributed by atoms with E-state index in [0.717, 1.165) is 18.7 Å². The van der Waals surface area contributed by atoms with Crippen LogP contribution < -0.4 is 10.6 Å². The number of rotatable bonds is 9. The van der Waals surface area contributed by atoms with Crippen molar-refractivity contribution in [2.45, 2.75) is 39.0 Å². The Morgan fingerprint density at radius 1 is 1.16 bits per heavy atom. The van der Waals surface area contributed by atoms with Gasteiger partial charge in [-0.05, 0) is 18.6 Å². The second-order valence-corrected chi connectivity index (χ2v) is 5.00. The van der Waals surface area contributed by atoms with E-state index in [0.29, 0.717) is 5.02 Å². The first kappa shape index (κ1) is 15.8. The topological polar surface area (TPSA) is 41.1 Å². The first-order valence-electron chi connectivity index (χ1n) is 6.99. The molecule has 2 N–H and O–H groups in total. The Kier molecular flexibility index (Phi) is 8.07. The zero-order chi connectivity index (χ0) is 13.9. The van der Waals surface area contributed by atoms with Crippen molar-refractivity contribution < 1.29 is 4.79 Å². The number of carbonyl (C=O) groups excluding carboxylic acids is 1. The van der Waals surface area contributed by atoms with E-state index in [-0.39, 0.29) is 12.5 Å². The van der Waals surface area contributed by atoms with Gasteiger partial charge in [-0.25, -0.2) is 0 Å². The summed E-state index contributed by atoms with van der Waals surface area (Å²) in [5, 5.41) is 6.57. The van der Waals surface area contributed by atoms with E-state index in [4.69, 9.17) is 11.6 Å². The fourth-order valence-electron chi connectivity index (χ4n) is 1.80. The number of para-hydroxylation sites is 1. The van der Waals surface area contributed by atoms with Crippen molar-refractivity contribution in [1.29, 1.82) is 0 Å². The third kappa shape index (κ3) is 7.06. The molecule has 3 nitrogen and oxygen atoms in total. The highest BCUT2D eigenvalue weighted by molar-refractivity contribution is 6.33. The molecule has 0 aliphatic carbocycles. The van der Waals surface area contributed by atoms with Gasteiger partial charge in [0.15, 0.2) is 0 Å². The Morgan fingerprint density at radius 3 is 2.63 bits per heavy atom. The summed E-state index contributed by atoms with van der Waals surface area (Å²) in [6.45, 7) is 3.22. The fourth-order valence-corrected chi connectivity index (χ4v) is 2.00. The predicted molar refractivity (Wildman–Crippen MR) is 81.7 cm³/mol. The molecule has 0 fully saturated rings. The molecule has 19 heavy (non-hydrogen) atoms. The van der Waals surface area contributed by atoms with E-state index in [1.165, 1.54) is 25.7 Å². The lowest BCUT2D eigenvalue weighted by atomic mass is 10.1. The van der Waals surface area contributed by atoms with Crippen molar-refractivity contribution in [3.63, 3.8) is 0 Å². The van der Waals surface area contributed by atoms with Gasteiger partial charge in [-0.2, -0.15) is 0 Å². The molecule has 0 atom stereocenters. The van der Waals surface area contributed by atoms with Crippen LogP contribution >= 0.6 is 11.6 Å². The summed E-state index contributed by atoms with van der Waals surface area (Å²) < 4.78 is 0. The molecule has 0 aliphatic heterocycles. The van der Waals surface area contributed by atoms with Gasteiger partial charge in [-0.3, -0.25) is 4.79 Å². The number of carbonyl (C=O) groups is 1. The minimum atomic E-state index is 0.00964. The quantitative estimate of drug-likeness (QED) is 0.676. The second kappa shape index (κ2) is 9.68. The Labute approximate surface area is 120 Å². The number of unbranched alkanes of at least 4 members (excludes halogenated alkanes) is 4. The number of anilines is 1. The molecule has 0 spiro atoms. The molecule has 1 rings (SSSR count). The van der Waals surface area contributed by atoms with Crippen LogP contribution in [0.5, 0.6) is 0 Å². The van der Waals surface area contributed by atoms with Crippen LogP contribution in [-0.4, -0.2) is 19.0 Å². The molecule has 0 saturated heterocycles. The van der Waals surface area contributed by atoms with Gasteiger partial charge in [-0.1, -0.05) is 56.3 Å². The molecule has 0 radical (unpaired) electrons. The zero-order valence-electron chi connectivity index (χ0n) is 11.5. The summed E-state index contributed by atoms with van der Waals surface area (Å²) >= 11 is 5.99. The van der Waals surface area contributed by atoms with Crippen LogP contribution in [0.4, 0.5) is 5.69 Å². The standard InChI is InChI=1S/C15H23ClN2O/c1-2-3-4-5-8-11-17-15(19)12-18-14-10-7-6-9-13(14)16/h6-7,9-10,18H,2-5,8,11-12H2,1H3,(H,17,19). The smallest absolute Gasteiger partial charge is 0.239 e. The van der Waals surface area contributed by atoms with Crippen LogP contribution in [0.25, 0.3) is 0 Å². The van der Waals surface area contributed by atoms with Crippen molar-refractivity contribution >= 4 is 23.2 Å². The van der Waals surface area contributed by atoms with E-state index in [1.807, 2.05) is 18.2 Å². The molecule has 1 aromatic rings. The SMILES string of the molecule is CCCCCCCNC(=O)CNc1ccccc1Cl. The lowest BCUT2D eigenvalue weighted by Crippen LogP contribution is -2.30. The molecule has 106 valence electrons. The minimum absolute atomic E-state index is 0.00964. The highest BCUT2D eigenvalue weighted by Gasteiger charge is 2.02. The lowest BCUT2D eigenvalue weighted by Gasteiger charge is -2.08. The van der Waals surface area contributed by atoms with Gasteiger partial charge in [0.1, 0.15) is 0 Å². The highest BCUT2D eigenvalue weighted by atomic mass is 35.5. The number of benzene rings is 1. The summed E-state index contributed by atoms with van der Waals surface area (Å²) in [5.41, 5.74) is 0.794. The molecule has 1 amide bonds. The van der Waals surface area contributed by atoms with Gasteiger partial charge in [0.25, 0.3) is 0 Å². The predicted octanol–water partition coefficient (Wildman–Crippen LogP) is 3.84. The molecular weight excluding hydrogens is 260 g/mol. The number of hydrogen-bond donors (Lipinski definition) is 2. The Bertz CT molecular complexity index is 382. The fraction of sp³-hybridized carbons (Fsp3) is 0.533. The molecule has 0 bridgehead atoms. The van der Waals surface area contributed by atoms with Crippen molar-refractivity contribution in [2.24, 2.45) is 0 Å². The monoisotopic (exact) mass is 282 g/mol. The first-order valence-corrected chi connectivity index (χ1v) is 7.37. The normalized spacial score (nSPS) is 10.2. The van der Waals surface area contributed by atoms with Crippen LogP contribution in [0.3, 0.4) is 0 Å². The largest absolute Gasteiger partial charge is 0.375 e. The highest BCUT2D eigenvalue weighted by Crippen LogP contribution is 2.19. The van der Waals surface area contributed by atoms with E-state index in [9.17, 15) is 4.79 Å². The van der Waals surface area contributed by atoms with Gasteiger partial charge in [0.05, 0.1) is 17.3 Å². The number of nitrogens with one attached hydrogen (secondary N) is 2. The van der Waals surface area contributed by atoms with Crippen LogP contribution in [0.1, 0.15) is 39.0 Å². The van der Waals surface area contributed by atoms with Crippen LogP contribution in [0.15, 0.2) is 24.3 Å². The maximum absolute atomic E-state index is 11.6. The van der Waals surface area contributed by atoms with Crippen molar-refractivity contribution in [3.8, 4) is 0 Å². The number of amides is 1. The number of halogens is 1. The average Bonchev–Trinajstić information content (AvgIpc) is 2.42. The van der Waals surface area contributed by atoms with Gasteiger partial charge in [0.2, 0.25) is 5.91 Å². The molecule has 0 aromatic heterocycles. The molecule has 0 saturated carbocycles. The third-order valence-corrected chi connectivity index (χ3v) is 3.25. The molecule has 0 aliphatic rings. The second-order valence-electron chi connectivity index (χ2n) is 4.60. The van der Waals surface area contributed by atoms with Crippen molar-refractivity contribution in [3.05, 3.63) is 29.3 Å². The molecule has 0 unspecified atom stereocenters. The average molecular weight is 283 g/mol. The van der Waals surface area contributed by atoms with Gasteiger partial charge < -0.3 is 10.6 Å². The van der Waals surface area contributed by atoms with E-state index >= 15 is 0 Å². The number of hydrogen-bond acceptors (Lipinski definition) is 2. The summed E-state index contributed by atoms with van der Waals surface area (Å²) in [7, 11) is 0. The molecule has 1 aromatic carbocycles. The molecule has 4 heteroatoms. The maximum Gasteiger partial charge on any atom is 0.239 e. The summed E-state index contributed by atoms with van der Waals surface area (Å²) in [6.07, 6.45) is 6.02. The first-order chi connectivity index (χ1) is 9.24. The van der Waals surface area contributed by atoms with Gasteiger partial charge >= 0.3 is 0 Å². The molecule has 0 heterocycles. The van der Waals surface area contributed by atoms with E-state index in [1.54, 1.807) is 6.07 Å². The van der Waals surface area contributed by atoms with E-state index < -0.39 is 0 Å². The maximum atomic E-state index is 11.6. The summed E-state index contributed by atoms with van der Waals surface area (Å²) in [5.74, 6) is 0.00964. The van der Waals surface area contributed by atoms with Crippen molar-refractivity contribution in [1.82, 2.24) is 5.32 Å². The van der Waals surface area contributed by atoms with Crippen LogP contribution in [0.2, 0.25) is 5.02 Å². The van der Waals surface area contributed by atoms with Gasteiger partial charge in [-0.15, -0.1) is 0 Å². The molecular formula is C15H23ClN2O.